The molecule has 26 heavy (non-hydrogen) atoms. The second-order valence-electron chi connectivity index (χ2n) is 6.70. The van der Waals surface area contributed by atoms with E-state index in [1.54, 1.807) is 13.1 Å². The SMILES string of the molecule is C=CCC[C@H](CN(C)CCN(C)C)Oc1ccc(-c2nc(C)no2)cn1. The molecule has 1 atom stereocenters. The van der Waals surface area contributed by atoms with Gasteiger partial charge in [-0.25, -0.2) is 4.98 Å². The van der Waals surface area contributed by atoms with Gasteiger partial charge in [0.1, 0.15) is 6.10 Å². The van der Waals surface area contributed by atoms with Gasteiger partial charge in [0, 0.05) is 31.9 Å². The molecule has 0 aliphatic heterocycles. The van der Waals surface area contributed by atoms with Crippen LogP contribution in [0, 0.1) is 6.92 Å². The molecular weight excluding hydrogens is 330 g/mol. The number of ether oxygens (including phenoxy) is 1. The molecule has 0 unspecified atom stereocenters. The van der Waals surface area contributed by atoms with Crippen molar-refractivity contribution in [3.8, 4) is 17.3 Å². The van der Waals surface area contributed by atoms with E-state index in [4.69, 9.17) is 9.26 Å². The fourth-order valence-electron chi connectivity index (χ4n) is 2.46. The first-order valence-corrected chi connectivity index (χ1v) is 8.85. The van der Waals surface area contributed by atoms with Crippen LogP contribution in [0.15, 0.2) is 35.5 Å². The van der Waals surface area contributed by atoms with Crippen molar-refractivity contribution in [1.82, 2.24) is 24.9 Å². The van der Waals surface area contributed by atoms with E-state index in [-0.39, 0.29) is 6.10 Å². The van der Waals surface area contributed by atoms with Crippen LogP contribution in [-0.4, -0.2) is 71.8 Å². The van der Waals surface area contributed by atoms with Crippen molar-refractivity contribution >= 4 is 0 Å². The van der Waals surface area contributed by atoms with E-state index in [1.165, 1.54) is 0 Å². The second kappa shape index (κ2) is 10.0. The third-order valence-corrected chi connectivity index (χ3v) is 3.94. The maximum Gasteiger partial charge on any atom is 0.259 e. The summed E-state index contributed by atoms with van der Waals surface area (Å²) >= 11 is 0. The number of allylic oxidation sites excluding steroid dienone is 1. The van der Waals surface area contributed by atoms with Crippen LogP contribution in [0.1, 0.15) is 18.7 Å². The van der Waals surface area contributed by atoms with Crippen LogP contribution < -0.4 is 4.74 Å². The molecule has 0 aliphatic rings. The summed E-state index contributed by atoms with van der Waals surface area (Å²) in [6.45, 7) is 8.44. The zero-order valence-corrected chi connectivity index (χ0v) is 16.2. The molecular formula is C19H29N5O2. The van der Waals surface area contributed by atoms with Crippen molar-refractivity contribution in [2.24, 2.45) is 0 Å². The average molecular weight is 359 g/mol. The standard InChI is InChI=1S/C19H29N5O2/c1-6-7-8-17(14-24(5)12-11-23(3)4)25-18-10-9-16(13-20-18)19-21-15(2)22-26-19/h6,9-10,13,17H,1,7-8,11-12,14H2,2-5H3/t17-/m1/s1. The van der Waals surface area contributed by atoms with Crippen LogP contribution in [-0.2, 0) is 0 Å². The first kappa shape index (κ1) is 20.1. The van der Waals surface area contributed by atoms with Crippen molar-refractivity contribution in [3.05, 3.63) is 36.8 Å². The van der Waals surface area contributed by atoms with Gasteiger partial charge >= 0.3 is 0 Å². The Bertz CT molecular complexity index is 669. The van der Waals surface area contributed by atoms with Crippen LogP contribution in [0.4, 0.5) is 0 Å². The minimum atomic E-state index is 0.0594. The summed E-state index contributed by atoms with van der Waals surface area (Å²) in [5, 5.41) is 3.80. The minimum absolute atomic E-state index is 0.0594. The fourth-order valence-corrected chi connectivity index (χ4v) is 2.46. The highest BCUT2D eigenvalue weighted by Crippen LogP contribution is 2.19. The van der Waals surface area contributed by atoms with E-state index in [0.717, 1.165) is 38.0 Å². The Morgan fingerprint density at radius 2 is 2.08 bits per heavy atom. The van der Waals surface area contributed by atoms with Gasteiger partial charge in [0.05, 0.1) is 5.56 Å². The van der Waals surface area contributed by atoms with E-state index < -0.39 is 0 Å². The molecule has 0 aromatic carbocycles. The molecule has 0 saturated carbocycles. The number of rotatable bonds is 11. The summed E-state index contributed by atoms with van der Waals surface area (Å²) in [6, 6.07) is 3.73. The van der Waals surface area contributed by atoms with E-state index in [0.29, 0.717) is 17.6 Å². The van der Waals surface area contributed by atoms with Gasteiger partial charge in [-0.3, -0.25) is 0 Å². The van der Waals surface area contributed by atoms with Crippen molar-refractivity contribution < 1.29 is 9.26 Å². The quantitative estimate of drug-likeness (QED) is 0.571. The zero-order chi connectivity index (χ0) is 18.9. The third-order valence-electron chi connectivity index (χ3n) is 3.94. The highest BCUT2D eigenvalue weighted by atomic mass is 16.5. The smallest absolute Gasteiger partial charge is 0.259 e. The van der Waals surface area contributed by atoms with Gasteiger partial charge in [-0.05, 0) is 47.0 Å². The number of likely N-dealkylation sites (N-methyl/N-ethyl adjacent to an activating group) is 2. The lowest BCUT2D eigenvalue weighted by molar-refractivity contribution is 0.131. The van der Waals surface area contributed by atoms with Crippen molar-refractivity contribution in [1.29, 1.82) is 0 Å². The maximum atomic E-state index is 6.11. The lowest BCUT2D eigenvalue weighted by Crippen LogP contribution is -2.37. The van der Waals surface area contributed by atoms with Crippen LogP contribution in [0.25, 0.3) is 11.5 Å². The Kier molecular flexibility index (Phi) is 7.74. The lowest BCUT2D eigenvalue weighted by Gasteiger charge is -2.25. The number of pyridine rings is 1. The Morgan fingerprint density at radius 3 is 2.65 bits per heavy atom. The number of aryl methyl sites for hydroxylation is 1. The molecule has 2 heterocycles. The first-order valence-electron chi connectivity index (χ1n) is 8.85. The molecule has 0 amide bonds. The Balaban J connectivity index is 1.96. The van der Waals surface area contributed by atoms with Crippen LogP contribution >= 0.6 is 0 Å². The molecule has 2 aromatic heterocycles. The van der Waals surface area contributed by atoms with Gasteiger partial charge in [0.2, 0.25) is 5.88 Å². The largest absolute Gasteiger partial charge is 0.473 e. The fraction of sp³-hybridized carbons (Fsp3) is 0.526. The van der Waals surface area contributed by atoms with Gasteiger partial charge in [0.15, 0.2) is 5.82 Å². The van der Waals surface area contributed by atoms with Crippen molar-refractivity contribution in [2.45, 2.75) is 25.9 Å². The number of nitrogens with zero attached hydrogens (tertiary/aromatic N) is 5. The second-order valence-corrected chi connectivity index (χ2v) is 6.70. The summed E-state index contributed by atoms with van der Waals surface area (Å²) in [5.74, 6) is 1.67. The minimum Gasteiger partial charge on any atom is -0.473 e. The Labute approximate surface area is 155 Å². The molecule has 0 aliphatic carbocycles. The Morgan fingerprint density at radius 1 is 1.27 bits per heavy atom. The zero-order valence-electron chi connectivity index (χ0n) is 16.2. The molecule has 0 bridgehead atoms. The van der Waals surface area contributed by atoms with Gasteiger partial charge in [-0.2, -0.15) is 4.98 Å². The molecule has 2 aromatic rings. The van der Waals surface area contributed by atoms with E-state index >= 15 is 0 Å². The summed E-state index contributed by atoms with van der Waals surface area (Å²) in [4.78, 5) is 13.1. The maximum absolute atomic E-state index is 6.11. The summed E-state index contributed by atoms with van der Waals surface area (Å²) in [5.41, 5.74) is 0.781. The monoisotopic (exact) mass is 359 g/mol. The van der Waals surface area contributed by atoms with Gasteiger partial charge in [-0.1, -0.05) is 11.2 Å². The topological polar surface area (TPSA) is 67.5 Å². The molecule has 0 saturated heterocycles. The van der Waals surface area contributed by atoms with Gasteiger partial charge in [0.25, 0.3) is 5.89 Å². The first-order chi connectivity index (χ1) is 12.5. The molecule has 7 heteroatoms. The Hall–Kier alpha value is -2.25. The van der Waals surface area contributed by atoms with Crippen molar-refractivity contribution in [3.63, 3.8) is 0 Å². The third kappa shape index (κ3) is 6.57. The van der Waals surface area contributed by atoms with Crippen LogP contribution in [0.5, 0.6) is 5.88 Å². The van der Waals surface area contributed by atoms with Crippen molar-refractivity contribution in [2.75, 3.05) is 40.8 Å². The predicted octanol–water partition coefficient (Wildman–Crippen LogP) is 2.65. The van der Waals surface area contributed by atoms with Gasteiger partial charge < -0.3 is 19.1 Å². The normalized spacial score (nSPS) is 12.5. The molecule has 142 valence electrons. The average Bonchev–Trinajstić information content (AvgIpc) is 3.05. The lowest BCUT2D eigenvalue weighted by atomic mass is 10.2. The van der Waals surface area contributed by atoms with E-state index in [2.05, 4.69) is 52.6 Å². The molecule has 0 fully saturated rings. The van der Waals surface area contributed by atoms with Crippen LogP contribution in [0.3, 0.4) is 0 Å². The number of hydrogen-bond donors (Lipinski definition) is 0. The molecule has 0 N–H and O–H groups in total. The summed E-state index contributed by atoms with van der Waals surface area (Å²) in [6.07, 6.45) is 5.49. The highest BCUT2D eigenvalue weighted by Gasteiger charge is 2.15. The molecule has 2 rings (SSSR count). The van der Waals surface area contributed by atoms with E-state index in [9.17, 15) is 0 Å². The summed E-state index contributed by atoms with van der Waals surface area (Å²) < 4.78 is 11.3. The van der Waals surface area contributed by atoms with Gasteiger partial charge in [-0.15, -0.1) is 6.58 Å². The number of aromatic nitrogens is 3. The summed E-state index contributed by atoms with van der Waals surface area (Å²) in [7, 11) is 6.27. The molecule has 7 nitrogen and oxygen atoms in total. The predicted molar refractivity (Wildman–Crippen MR) is 102 cm³/mol. The highest BCUT2D eigenvalue weighted by molar-refractivity contribution is 5.51. The van der Waals surface area contributed by atoms with E-state index in [1.807, 2.05) is 18.2 Å². The number of hydrogen-bond acceptors (Lipinski definition) is 7. The molecule has 0 radical (unpaired) electrons. The van der Waals surface area contributed by atoms with Crippen LogP contribution in [0.2, 0.25) is 0 Å². The molecule has 0 spiro atoms.